The molecule has 0 spiro atoms. The molecule has 0 heterocycles. The fourth-order valence-corrected chi connectivity index (χ4v) is 1.63. The molecule has 0 N–H and O–H groups in total. The van der Waals surface area contributed by atoms with E-state index in [0.29, 0.717) is 5.78 Å². The average Bonchev–Trinajstić information content (AvgIpc) is 1.86. The molecule has 1 heteroatoms. The summed E-state index contributed by atoms with van der Waals surface area (Å²) in [6.07, 6.45) is 10.2. The maximum absolute atomic E-state index is 11.3. The highest BCUT2D eigenvalue weighted by Gasteiger charge is 2.27. The lowest BCUT2D eigenvalue weighted by Crippen LogP contribution is -2.26. The van der Waals surface area contributed by atoms with Crippen LogP contribution in [0.25, 0.3) is 0 Å². The second-order valence-electron chi connectivity index (χ2n) is 2.94. The van der Waals surface area contributed by atoms with Gasteiger partial charge in [-0.1, -0.05) is 24.3 Å². The standard InChI is InChI=1S/C9H10O/c10-9-7-3-1-4-8(9)6-2-5-7/h1-3,6-8H,4-5H2. The van der Waals surface area contributed by atoms with Crippen molar-refractivity contribution in [2.45, 2.75) is 12.8 Å². The third-order valence-corrected chi connectivity index (χ3v) is 2.25. The molecule has 0 aromatic carbocycles. The zero-order valence-electron chi connectivity index (χ0n) is 5.79. The van der Waals surface area contributed by atoms with E-state index in [-0.39, 0.29) is 11.8 Å². The van der Waals surface area contributed by atoms with Gasteiger partial charge in [0.05, 0.1) is 0 Å². The molecule has 10 heavy (non-hydrogen) atoms. The molecule has 0 radical (unpaired) electrons. The first-order valence-electron chi connectivity index (χ1n) is 3.75. The smallest absolute Gasteiger partial charge is 0.147 e. The minimum Gasteiger partial charge on any atom is -0.298 e. The van der Waals surface area contributed by atoms with E-state index in [2.05, 4.69) is 12.2 Å². The van der Waals surface area contributed by atoms with Crippen molar-refractivity contribution in [3.05, 3.63) is 24.3 Å². The number of carbonyl (C=O) groups is 1. The van der Waals surface area contributed by atoms with E-state index in [1.54, 1.807) is 0 Å². The van der Waals surface area contributed by atoms with Gasteiger partial charge in [0, 0.05) is 11.8 Å². The second kappa shape index (κ2) is 2.08. The molecular formula is C9H10O. The van der Waals surface area contributed by atoms with Crippen molar-refractivity contribution in [2.24, 2.45) is 11.8 Å². The molecule has 2 aliphatic carbocycles. The molecule has 0 aliphatic heterocycles. The van der Waals surface area contributed by atoms with Crippen molar-refractivity contribution < 1.29 is 4.79 Å². The van der Waals surface area contributed by atoms with E-state index in [1.165, 1.54) is 0 Å². The van der Waals surface area contributed by atoms with E-state index in [9.17, 15) is 4.79 Å². The lowest BCUT2D eigenvalue weighted by molar-refractivity contribution is -0.124. The molecule has 2 unspecified atom stereocenters. The Morgan fingerprint density at radius 3 is 2.00 bits per heavy atom. The Hall–Kier alpha value is -0.850. The Balaban J connectivity index is 2.34. The number of ketones is 1. The van der Waals surface area contributed by atoms with Gasteiger partial charge in [-0.25, -0.2) is 0 Å². The van der Waals surface area contributed by atoms with E-state index < -0.39 is 0 Å². The molecule has 52 valence electrons. The molecule has 0 saturated carbocycles. The summed E-state index contributed by atoms with van der Waals surface area (Å²) in [5.74, 6) is 0.845. The summed E-state index contributed by atoms with van der Waals surface area (Å²) in [5.41, 5.74) is 0. The lowest BCUT2D eigenvalue weighted by Gasteiger charge is -2.23. The van der Waals surface area contributed by atoms with Crippen LogP contribution >= 0.6 is 0 Å². The highest BCUT2D eigenvalue weighted by molar-refractivity contribution is 5.88. The van der Waals surface area contributed by atoms with Gasteiger partial charge in [0.1, 0.15) is 5.78 Å². The molecule has 2 bridgehead atoms. The molecule has 2 rings (SSSR count). The molecule has 1 nitrogen and oxygen atoms in total. The summed E-state index contributed by atoms with van der Waals surface area (Å²) in [5, 5.41) is 0. The molecule has 0 saturated heterocycles. The Morgan fingerprint density at radius 2 is 1.60 bits per heavy atom. The molecule has 0 aromatic heterocycles. The SMILES string of the molecule is O=C1C2C=CCC1C=CC2. The molecule has 0 amide bonds. The fourth-order valence-electron chi connectivity index (χ4n) is 1.63. The van der Waals surface area contributed by atoms with Crippen LogP contribution in [-0.2, 0) is 4.79 Å². The van der Waals surface area contributed by atoms with Gasteiger partial charge in [0.25, 0.3) is 0 Å². The van der Waals surface area contributed by atoms with Gasteiger partial charge in [-0.2, -0.15) is 0 Å². The monoisotopic (exact) mass is 134 g/mol. The number of carbonyl (C=O) groups excluding carboxylic acids is 1. The van der Waals surface area contributed by atoms with Gasteiger partial charge in [0.15, 0.2) is 0 Å². The van der Waals surface area contributed by atoms with Crippen molar-refractivity contribution in [3.8, 4) is 0 Å². The predicted molar refractivity (Wildman–Crippen MR) is 39.5 cm³/mol. The number of hydrogen-bond donors (Lipinski definition) is 0. The van der Waals surface area contributed by atoms with Crippen LogP contribution in [0.4, 0.5) is 0 Å². The zero-order valence-corrected chi connectivity index (χ0v) is 5.79. The van der Waals surface area contributed by atoms with Gasteiger partial charge >= 0.3 is 0 Å². The average molecular weight is 134 g/mol. The molecule has 2 aliphatic rings. The minimum absolute atomic E-state index is 0.212. The highest BCUT2D eigenvalue weighted by atomic mass is 16.1. The minimum atomic E-state index is 0.212. The van der Waals surface area contributed by atoms with Crippen molar-refractivity contribution in [2.75, 3.05) is 0 Å². The van der Waals surface area contributed by atoms with Crippen molar-refractivity contribution in [1.82, 2.24) is 0 Å². The van der Waals surface area contributed by atoms with Crippen LogP contribution in [0.1, 0.15) is 12.8 Å². The predicted octanol–water partition coefficient (Wildman–Crippen LogP) is 1.71. The molecule has 0 fully saturated rings. The quantitative estimate of drug-likeness (QED) is 0.461. The van der Waals surface area contributed by atoms with E-state index in [0.717, 1.165) is 12.8 Å². The number of allylic oxidation sites excluding steroid dienone is 4. The van der Waals surface area contributed by atoms with Crippen LogP contribution < -0.4 is 0 Å². The van der Waals surface area contributed by atoms with Gasteiger partial charge < -0.3 is 0 Å². The fraction of sp³-hybridized carbons (Fsp3) is 0.444. The Bertz CT molecular complexity index is 191. The normalized spacial score (nSPS) is 36.6. The second-order valence-corrected chi connectivity index (χ2v) is 2.94. The molecular weight excluding hydrogens is 124 g/mol. The van der Waals surface area contributed by atoms with E-state index >= 15 is 0 Å². The third-order valence-electron chi connectivity index (χ3n) is 2.25. The largest absolute Gasteiger partial charge is 0.298 e. The molecule has 2 atom stereocenters. The van der Waals surface area contributed by atoms with Gasteiger partial charge in [-0.3, -0.25) is 4.79 Å². The van der Waals surface area contributed by atoms with Crippen molar-refractivity contribution >= 4 is 5.78 Å². The summed E-state index contributed by atoms with van der Waals surface area (Å²) >= 11 is 0. The number of rotatable bonds is 0. The van der Waals surface area contributed by atoms with Gasteiger partial charge in [-0.15, -0.1) is 0 Å². The van der Waals surface area contributed by atoms with Crippen LogP contribution in [0.2, 0.25) is 0 Å². The van der Waals surface area contributed by atoms with Gasteiger partial charge in [0.2, 0.25) is 0 Å². The lowest BCUT2D eigenvalue weighted by atomic mass is 9.79. The summed E-state index contributed by atoms with van der Waals surface area (Å²) < 4.78 is 0. The first kappa shape index (κ1) is 5.90. The third kappa shape index (κ3) is 0.737. The number of fused-ring (bicyclic) bond motifs is 2. The first-order chi connectivity index (χ1) is 4.88. The number of Topliss-reactive ketones (excluding diaryl/α,β-unsaturated/α-hetero) is 1. The zero-order chi connectivity index (χ0) is 6.97. The topological polar surface area (TPSA) is 17.1 Å². The highest BCUT2D eigenvalue weighted by Crippen LogP contribution is 2.27. The Kier molecular flexibility index (Phi) is 1.23. The van der Waals surface area contributed by atoms with Crippen LogP contribution in [-0.4, -0.2) is 5.78 Å². The molecule has 0 aromatic rings. The maximum atomic E-state index is 11.3. The first-order valence-corrected chi connectivity index (χ1v) is 3.75. The number of hydrogen-bond acceptors (Lipinski definition) is 1. The van der Waals surface area contributed by atoms with Crippen molar-refractivity contribution in [1.29, 1.82) is 0 Å². The summed E-state index contributed by atoms with van der Waals surface area (Å²) in [6, 6.07) is 0. The summed E-state index contributed by atoms with van der Waals surface area (Å²) in [4.78, 5) is 11.3. The Morgan fingerprint density at radius 1 is 1.10 bits per heavy atom. The summed E-state index contributed by atoms with van der Waals surface area (Å²) in [6.45, 7) is 0. The van der Waals surface area contributed by atoms with Crippen molar-refractivity contribution in [3.63, 3.8) is 0 Å². The van der Waals surface area contributed by atoms with Crippen LogP contribution in [0.5, 0.6) is 0 Å². The van der Waals surface area contributed by atoms with E-state index in [1.807, 2.05) is 12.2 Å². The summed E-state index contributed by atoms with van der Waals surface area (Å²) in [7, 11) is 0. The van der Waals surface area contributed by atoms with Gasteiger partial charge in [-0.05, 0) is 12.8 Å². The van der Waals surface area contributed by atoms with E-state index in [4.69, 9.17) is 0 Å². The van der Waals surface area contributed by atoms with Crippen LogP contribution in [0.15, 0.2) is 24.3 Å². The van der Waals surface area contributed by atoms with Crippen LogP contribution in [0.3, 0.4) is 0 Å². The van der Waals surface area contributed by atoms with Crippen LogP contribution in [0, 0.1) is 11.8 Å². The maximum Gasteiger partial charge on any atom is 0.147 e. The Labute approximate surface area is 60.4 Å².